The number of carbonyl (C=O) groups excluding carboxylic acids is 1. The number of halogens is 4. The lowest BCUT2D eigenvalue weighted by atomic mass is 10.1. The van der Waals surface area contributed by atoms with E-state index < -0.39 is 17.7 Å². The van der Waals surface area contributed by atoms with Crippen LogP contribution in [-0.4, -0.2) is 32.7 Å². The average molecular weight is 548 g/mol. The lowest BCUT2D eigenvalue weighted by Crippen LogP contribution is -2.29. The highest BCUT2D eigenvalue weighted by atomic mass is 79.9. The number of alkyl halides is 3. The van der Waals surface area contributed by atoms with Crippen molar-refractivity contribution in [2.45, 2.75) is 31.9 Å². The number of hydrogen-bond acceptors (Lipinski definition) is 5. The highest BCUT2D eigenvalue weighted by Gasteiger charge is 2.35. The first-order valence-electron chi connectivity index (χ1n) is 9.50. The van der Waals surface area contributed by atoms with E-state index in [1.165, 1.54) is 35.2 Å². The minimum atomic E-state index is -4.56. The molecule has 1 saturated heterocycles. The van der Waals surface area contributed by atoms with Crippen LogP contribution in [0.25, 0.3) is 17.4 Å². The fourth-order valence-corrected chi connectivity index (χ4v) is 4.74. The quantitative estimate of drug-likeness (QED) is 0.229. The van der Waals surface area contributed by atoms with Crippen molar-refractivity contribution in [1.82, 2.24) is 4.90 Å². The Kier molecular flexibility index (Phi) is 7.84. The molecule has 1 aromatic heterocycles. The van der Waals surface area contributed by atoms with Crippen LogP contribution in [0.4, 0.5) is 13.2 Å². The number of nitrogens with zero attached hydrogens (tertiary/aromatic N) is 1. The predicted molar refractivity (Wildman–Crippen MR) is 123 cm³/mol. The molecule has 1 aliphatic rings. The monoisotopic (exact) mass is 547 g/mol. The van der Waals surface area contributed by atoms with Crippen molar-refractivity contribution in [3.8, 4) is 11.3 Å². The number of carbonyl (C=O) groups is 2. The molecule has 1 aliphatic heterocycles. The number of rotatable bonds is 8. The number of carboxylic acids is 1. The number of thioether (sulfide) groups is 1. The van der Waals surface area contributed by atoms with Gasteiger partial charge in [0.15, 0.2) is 0 Å². The van der Waals surface area contributed by atoms with Gasteiger partial charge in [-0.3, -0.25) is 14.5 Å². The third kappa shape index (κ3) is 6.02. The molecule has 0 unspecified atom stereocenters. The summed E-state index contributed by atoms with van der Waals surface area (Å²) in [7, 11) is 0. The highest BCUT2D eigenvalue weighted by molar-refractivity contribution is 9.10. The van der Waals surface area contributed by atoms with E-state index in [-0.39, 0.29) is 29.4 Å². The Morgan fingerprint density at radius 3 is 2.66 bits per heavy atom. The minimum Gasteiger partial charge on any atom is -0.481 e. The van der Waals surface area contributed by atoms with Gasteiger partial charge in [-0.1, -0.05) is 46.3 Å². The molecule has 1 fully saturated rings. The van der Waals surface area contributed by atoms with Crippen LogP contribution in [0.5, 0.6) is 0 Å². The van der Waals surface area contributed by atoms with Crippen LogP contribution < -0.4 is 0 Å². The number of carboxylic acid groups (broad SMARTS) is 1. The molecule has 1 N–H and O–H groups in total. The average Bonchev–Trinajstić information content (AvgIpc) is 3.26. The van der Waals surface area contributed by atoms with Gasteiger partial charge in [0.25, 0.3) is 5.91 Å². The topological polar surface area (TPSA) is 70.8 Å². The van der Waals surface area contributed by atoms with Crippen molar-refractivity contribution in [2.75, 3.05) is 6.54 Å². The Bertz CT molecular complexity index is 1080. The maximum absolute atomic E-state index is 13.4. The van der Waals surface area contributed by atoms with Crippen LogP contribution in [0.2, 0.25) is 0 Å². The van der Waals surface area contributed by atoms with E-state index in [1.54, 1.807) is 0 Å². The van der Waals surface area contributed by atoms with Gasteiger partial charge in [0.2, 0.25) is 0 Å². The van der Waals surface area contributed by atoms with Gasteiger partial charge in [-0.2, -0.15) is 13.2 Å². The van der Waals surface area contributed by atoms with Crippen LogP contribution in [0.3, 0.4) is 0 Å². The van der Waals surface area contributed by atoms with Gasteiger partial charge in [0.05, 0.1) is 10.5 Å². The van der Waals surface area contributed by atoms with Crippen molar-refractivity contribution in [3.05, 3.63) is 51.0 Å². The van der Waals surface area contributed by atoms with Crippen molar-refractivity contribution in [2.24, 2.45) is 0 Å². The maximum atomic E-state index is 13.4. The summed E-state index contributed by atoms with van der Waals surface area (Å²) in [5.41, 5.74) is -0.934. The van der Waals surface area contributed by atoms with Crippen molar-refractivity contribution >= 4 is 62.2 Å². The zero-order valence-electron chi connectivity index (χ0n) is 16.4. The van der Waals surface area contributed by atoms with Crippen LogP contribution in [0.1, 0.15) is 37.0 Å². The fraction of sp³-hybridized carbons (Fsp3) is 0.286. The lowest BCUT2D eigenvalue weighted by Gasteiger charge is -2.13. The number of thiocarbonyl (C=S) groups is 1. The molecular formula is C21H17BrF3NO4S2. The molecule has 5 nitrogen and oxygen atoms in total. The molecule has 170 valence electrons. The summed E-state index contributed by atoms with van der Waals surface area (Å²) in [6.45, 7) is 0.374. The lowest BCUT2D eigenvalue weighted by molar-refractivity contribution is -0.138. The molecule has 1 amide bonds. The van der Waals surface area contributed by atoms with Gasteiger partial charge < -0.3 is 9.52 Å². The summed E-state index contributed by atoms with van der Waals surface area (Å²) < 4.78 is 46.5. The predicted octanol–water partition coefficient (Wildman–Crippen LogP) is 6.57. The third-order valence-electron chi connectivity index (χ3n) is 4.60. The second kappa shape index (κ2) is 10.2. The molecule has 0 radical (unpaired) electrons. The summed E-state index contributed by atoms with van der Waals surface area (Å²) in [6, 6.07) is 6.72. The standard InChI is InChI=1S/C21H17BrF3NO4S2/c22-12-5-7-14(15(10-12)21(23,24)25)16-8-6-13(30-16)11-17-19(29)26(20(31)32-17)9-3-1-2-4-18(27)28/h5-8,10-11H,1-4,9H2,(H,27,28). The first kappa shape index (κ1) is 24.5. The van der Waals surface area contributed by atoms with Gasteiger partial charge in [-0.25, -0.2) is 0 Å². The second-order valence-electron chi connectivity index (χ2n) is 6.93. The van der Waals surface area contributed by atoms with E-state index in [1.807, 2.05) is 0 Å². The first-order chi connectivity index (χ1) is 15.1. The molecule has 32 heavy (non-hydrogen) atoms. The SMILES string of the molecule is O=C(O)CCCCCN1C(=O)C(=Cc2ccc(-c3ccc(Br)cc3C(F)(F)F)o2)SC1=S. The molecule has 11 heteroatoms. The van der Waals surface area contributed by atoms with Crippen LogP contribution in [0.15, 0.2) is 44.1 Å². The molecule has 1 aromatic carbocycles. The second-order valence-corrected chi connectivity index (χ2v) is 9.52. The Morgan fingerprint density at radius 2 is 1.97 bits per heavy atom. The number of benzene rings is 1. The van der Waals surface area contributed by atoms with Gasteiger partial charge >= 0.3 is 12.1 Å². The number of aliphatic carboxylic acids is 1. The Labute approximate surface area is 199 Å². The molecule has 0 saturated carbocycles. The van der Waals surface area contributed by atoms with Crippen LogP contribution in [-0.2, 0) is 15.8 Å². The minimum absolute atomic E-state index is 0.0324. The summed E-state index contributed by atoms with van der Waals surface area (Å²) >= 11 is 9.40. The highest BCUT2D eigenvalue weighted by Crippen LogP contribution is 2.40. The molecule has 2 heterocycles. The number of unbranched alkanes of at least 4 members (excludes halogenated alkanes) is 2. The Balaban J connectivity index is 1.73. The van der Waals surface area contributed by atoms with E-state index in [0.29, 0.717) is 39.5 Å². The summed E-state index contributed by atoms with van der Waals surface area (Å²) in [5, 5.41) is 8.66. The number of hydrogen-bond donors (Lipinski definition) is 1. The van der Waals surface area contributed by atoms with Crippen LogP contribution >= 0.6 is 39.9 Å². The normalized spacial score (nSPS) is 15.8. The third-order valence-corrected chi connectivity index (χ3v) is 6.47. The fourth-order valence-electron chi connectivity index (χ4n) is 3.09. The molecule has 0 bridgehead atoms. The summed E-state index contributed by atoms with van der Waals surface area (Å²) in [5.74, 6) is -0.902. The maximum Gasteiger partial charge on any atom is 0.417 e. The van der Waals surface area contributed by atoms with E-state index >= 15 is 0 Å². The zero-order chi connectivity index (χ0) is 23.5. The van der Waals surface area contributed by atoms with Crippen molar-refractivity contribution < 1.29 is 32.3 Å². The summed E-state index contributed by atoms with van der Waals surface area (Å²) in [4.78, 5) is 25.0. The van der Waals surface area contributed by atoms with Crippen molar-refractivity contribution in [3.63, 3.8) is 0 Å². The molecule has 0 atom stereocenters. The van der Waals surface area contributed by atoms with E-state index in [0.717, 1.165) is 17.8 Å². The van der Waals surface area contributed by atoms with Crippen LogP contribution in [0, 0.1) is 0 Å². The van der Waals surface area contributed by atoms with Gasteiger partial charge in [-0.05, 0) is 43.2 Å². The Hall–Kier alpha value is -2.11. The summed E-state index contributed by atoms with van der Waals surface area (Å²) in [6.07, 6.45) is -1.24. The molecule has 3 rings (SSSR count). The van der Waals surface area contributed by atoms with Gasteiger partial charge in [0, 0.05) is 29.1 Å². The molecule has 0 spiro atoms. The number of amides is 1. The van der Waals surface area contributed by atoms with E-state index in [9.17, 15) is 22.8 Å². The molecule has 0 aliphatic carbocycles. The van der Waals surface area contributed by atoms with Gasteiger partial charge in [0.1, 0.15) is 15.8 Å². The smallest absolute Gasteiger partial charge is 0.417 e. The largest absolute Gasteiger partial charge is 0.481 e. The van der Waals surface area contributed by atoms with E-state index in [4.69, 9.17) is 21.7 Å². The van der Waals surface area contributed by atoms with Gasteiger partial charge in [-0.15, -0.1) is 0 Å². The van der Waals surface area contributed by atoms with Crippen molar-refractivity contribution in [1.29, 1.82) is 0 Å². The zero-order valence-corrected chi connectivity index (χ0v) is 19.7. The molecular weight excluding hydrogens is 531 g/mol. The van der Waals surface area contributed by atoms with E-state index in [2.05, 4.69) is 15.9 Å². The number of furan rings is 1. The molecule has 2 aromatic rings. The Morgan fingerprint density at radius 1 is 1.22 bits per heavy atom. The first-order valence-corrected chi connectivity index (χ1v) is 11.5.